The summed E-state index contributed by atoms with van der Waals surface area (Å²) in [4.78, 5) is 5.83. The Morgan fingerprint density at radius 2 is 1.85 bits per heavy atom. The molecule has 2 saturated carbocycles. The first-order valence-electron chi connectivity index (χ1n) is 9.53. The summed E-state index contributed by atoms with van der Waals surface area (Å²) in [5, 5.41) is 9.07. The van der Waals surface area contributed by atoms with E-state index in [1.165, 1.54) is 43.2 Å². The molecule has 146 valence electrons. The first-order valence-corrected chi connectivity index (χ1v) is 12.5. The summed E-state index contributed by atoms with van der Waals surface area (Å²) < 4.78 is 23.3. The molecule has 0 atom stereocenters. The molecule has 2 aliphatic carbocycles. The van der Waals surface area contributed by atoms with Crippen LogP contribution in [0.15, 0.2) is 22.5 Å². The van der Waals surface area contributed by atoms with E-state index in [4.69, 9.17) is 0 Å². The Morgan fingerprint density at radius 1 is 1.15 bits per heavy atom. The number of guanidine groups is 1. The van der Waals surface area contributed by atoms with Crippen LogP contribution in [0, 0.1) is 5.41 Å². The molecule has 0 spiro atoms. The zero-order chi connectivity index (χ0) is 18.7. The molecule has 1 heterocycles. The normalized spacial score (nSPS) is 22.0. The minimum Gasteiger partial charge on any atom is -0.356 e. The molecule has 26 heavy (non-hydrogen) atoms. The van der Waals surface area contributed by atoms with Gasteiger partial charge in [0.2, 0.25) is 0 Å². The van der Waals surface area contributed by atoms with Crippen LogP contribution in [0.3, 0.4) is 0 Å². The van der Waals surface area contributed by atoms with E-state index in [-0.39, 0.29) is 16.6 Å². The van der Waals surface area contributed by atoms with Gasteiger partial charge in [-0.1, -0.05) is 25.3 Å². The molecule has 1 aromatic rings. The number of nitrogens with zero attached hydrogens (tertiary/aromatic N) is 1. The third-order valence-corrected chi connectivity index (χ3v) is 8.08. The molecule has 5 nitrogen and oxygen atoms in total. The molecular weight excluding hydrogens is 366 g/mol. The van der Waals surface area contributed by atoms with Gasteiger partial charge in [0.15, 0.2) is 5.96 Å². The van der Waals surface area contributed by atoms with Crippen molar-refractivity contribution in [2.75, 3.05) is 32.1 Å². The molecule has 0 radical (unpaired) electrons. The fourth-order valence-corrected chi connectivity index (χ4v) is 6.66. The lowest BCUT2D eigenvalue weighted by Crippen LogP contribution is -2.47. The fourth-order valence-electron chi connectivity index (χ4n) is 4.17. The highest BCUT2D eigenvalue weighted by molar-refractivity contribution is 7.90. The number of hydrogen-bond acceptors (Lipinski definition) is 4. The molecule has 2 N–H and O–H groups in total. The molecule has 3 rings (SSSR count). The van der Waals surface area contributed by atoms with E-state index in [2.05, 4.69) is 33.1 Å². The molecule has 2 aliphatic rings. The van der Waals surface area contributed by atoms with E-state index >= 15 is 0 Å². The SMILES string of the molecule is CN=C(NCC1(CS(C)(=O)=O)CC1)NCC1(c2cccs2)CCCCC1. The Labute approximate surface area is 161 Å². The lowest BCUT2D eigenvalue weighted by molar-refractivity contribution is 0.296. The first kappa shape index (κ1) is 19.7. The average Bonchev–Trinajstić information content (AvgIpc) is 3.11. The average molecular weight is 398 g/mol. The molecule has 1 aromatic heterocycles. The third-order valence-electron chi connectivity index (χ3n) is 5.83. The topological polar surface area (TPSA) is 70.6 Å². The maximum absolute atomic E-state index is 11.6. The van der Waals surface area contributed by atoms with Crippen molar-refractivity contribution in [2.24, 2.45) is 10.4 Å². The van der Waals surface area contributed by atoms with E-state index < -0.39 is 9.84 Å². The van der Waals surface area contributed by atoms with E-state index in [1.54, 1.807) is 7.05 Å². The van der Waals surface area contributed by atoms with Gasteiger partial charge in [-0.25, -0.2) is 8.42 Å². The van der Waals surface area contributed by atoms with Crippen molar-refractivity contribution in [2.45, 2.75) is 50.4 Å². The van der Waals surface area contributed by atoms with Crippen molar-refractivity contribution < 1.29 is 8.42 Å². The van der Waals surface area contributed by atoms with Crippen molar-refractivity contribution >= 4 is 27.1 Å². The van der Waals surface area contributed by atoms with Crippen LogP contribution in [-0.2, 0) is 15.3 Å². The molecule has 0 bridgehead atoms. The van der Waals surface area contributed by atoms with Gasteiger partial charge in [-0.15, -0.1) is 11.3 Å². The first-order chi connectivity index (χ1) is 12.4. The fraction of sp³-hybridized carbons (Fsp3) is 0.737. The summed E-state index contributed by atoms with van der Waals surface area (Å²) in [7, 11) is -1.16. The Hall–Kier alpha value is -1.08. The van der Waals surface area contributed by atoms with Crippen LogP contribution in [-0.4, -0.2) is 46.5 Å². The maximum Gasteiger partial charge on any atom is 0.191 e. The van der Waals surface area contributed by atoms with Gasteiger partial charge in [0.1, 0.15) is 9.84 Å². The van der Waals surface area contributed by atoms with Crippen molar-refractivity contribution in [3.05, 3.63) is 22.4 Å². The molecular formula is C19H31N3O2S2. The molecule has 2 fully saturated rings. The number of hydrogen-bond donors (Lipinski definition) is 2. The van der Waals surface area contributed by atoms with Gasteiger partial charge in [-0.2, -0.15) is 0 Å². The third kappa shape index (κ3) is 5.00. The maximum atomic E-state index is 11.6. The summed E-state index contributed by atoms with van der Waals surface area (Å²) >= 11 is 1.85. The van der Waals surface area contributed by atoms with Gasteiger partial charge < -0.3 is 10.6 Å². The van der Waals surface area contributed by atoms with E-state index in [9.17, 15) is 8.42 Å². The quantitative estimate of drug-likeness (QED) is 0.548. The van der Waals surface area contributed by atoms with Gasteiger partial charge in [0, 0.05) is 42.1 Å². The minimum atomic E-state index is -2.94. The Morgan fingerprint density at radius 3 is 2.38 bits per heavy atom. The standard InChI is InChI=1S/C19H31N3O2S2/c1-20-17(21-13-18(10-11-18)15-26(2,23)24)22-14-19(8-4-3-5-9-19)16-7-6-12-25-16/h6-7,12H,3-5,8-11,13-15H2,1-2H3,(H2,20,21,22). The number of nitrogens with one attached hydrogen (secondary N) is 2. The highest BCUT2D eigenvalue weighted by Crippen LogP contribution is 2.46. The van der Waals surface area contributed by atoms with Gasteiger partial charge in [-0.3, -0.25) is 4.99 Å². The molecule has 7 heteroatoms. The van der Waals surface area contributed by atoms with Crippen molar-refractivity contribution in [3.8, 4) is 0 Å². The predicted molar refractivity (Wildman–Crippen MR) is 110 cm³/mol. The van der Waals surface area contributed by atoms with Crippen molar-refractivity contribution in [1.29, 1.82) is 0 Å². The van der Waals surface area contributed by atoms with E-state index in [0.29, 0.717) is 6.54 Å². The number of aliphatic imine (C=N–C) groups is 1. The summed E-state index contributed by atoms with van der Waals surface area (Å²) in [5.74, 6) is 1.05. The van der Waals surface area contributed by atoms with E-state index in [0.717, 1.165) is 25.3 Å². The van der Waals surface area contributed by atoms with Crippen LogP contribution in [0.2, 0.25) is 0 Å². The largest absolute Gasteiger partial charge is 0.356 e. The van der Waals surface area contributed by atoms with Crippen LogP contribution in [0.4, 0.5) is 0 Å². The predicted octanol–water partition coefficient (Wildman–Crippen LogP) is 2.94. The van der Waals surface area contributed by atoms with E-state index in [1.807, 2.05) is 11.3 Å². The molecule has 0 aromatic carbocycles. The van der Waals surface area contributed by atoms with Gasteiger partial charge >= 0.3 is 0 Å². The Bertz CT molecular complexity index is 716. The van der Waals surface area contributed by atoms with Gasteiger partial charge in [0.05, 0.1) is 5.75 Å². The second-order valence-electron chi connectivity index (χ2n) is 8.17. The number of sulfone groups is 1. The highest BCUT2D eigenvalue weighted by Gasteiger charge is 2.45. The summed E-state index contributed by atoms with van der Waals surface area (Å²) in [6, 6.07) is 4.41. The van der Waals surface area contributed by atoms with Gasteiger partial charge in [0.25, 0.3) is 0 Å². The lowest BCUT2D eigenvalue weighted by Gasteiger charge is -2.37. The summed E-state index contributed by atoms with van der Waals surface area (Å²) in [5.41, 5.74) is 0.107. The van der Waals surface area contributed by atoms with Crippen LogP contribution in [0.5, 0.6) is 0 Å². The number of thiophene rings is 1. The lowest BCUT2D eigenvalue weighted by atomic mass is 9.73. The number of rotatable bonds is 7. The van der Waals surface area contributed by atoms with Crippen LogP contribution in [0.25, 0.3) is 0 Å². The Kier molecular flexibility index (Phi) is 5.97. The van der Waals surface area contributed by atoms with Crippen LogP contribution < -0.4 is 10.6 Å². The zero-order valence-electron chi connectivity index (χ0n) is 15.9. The zero-order valence-corrected chi connectivity index (χ0v) is 17.5. The molecule has 0 amide bonds. The van der Waals surface area contributed by atoms with Crippen LogP contribution >= 0.6 is 11.3 Å². The smallest absolute Gasteiger partial charge is 0.191 e. The summed E-state index contributed by atoms with van der Waals surface area (Å²) in [6.45, 7) is 1.55. The minimum absolute atomic E-state index is 0.0958. The molecule has 0 unspecified atom stereocenters. The van der Waals surface area contributed by atoms with Crippen molar-refractivity contribution in [1.82, 2.24) is 10.6 Å². The van der Waals surface area contributed by atoms with Crippen LogP contribution in [0.1, 0.15) is 49.8 Å². The summed E-state index contributed by atoms with van der Waals surface area (Å²) in [6.07, 6.45) is 9.60. The second-order valence-corrected chi connectivity index (χ2v) is 11.3. The monoisotopic (exact) mass is 397 g/mol. The van der Waals surface area contributed by atoms with Gasteiger partial charge in [-0.05, 0) is 37.1 Å². The molecule has 0 aliphatic heterocycles. The molecule has 0 saturated heterocycles. The Balaban J connectivity index is 1.58. The highest BCUT2D eigenvalue weighted by atomic mass is 32.2. The van der Waals surface area contributed by atoms with Crippen molar-refractivity contribution in [3.63, 3.8) is 0 Å². The second kappa shape index (κ2) is 7.89.